The van der Waals surface area contributed by atoms with Crippen LogP contribution in [0.15, 0.2) is 70.9 Å². The van der Waals surface area contributed by atoms with Crippen LogP contribution in [-0.4, -0.2) is 21.8 Å². The molecule has 0 spiro atoms. The summed E-state index contributed by atoms with van der Waals surface area (Å²) in [7, 11) is 0. The Morgan fingerprint density at radius 3 is 2.52 bits per heavy atom. The second kappa shape index (κ2) is 7.21. The van der Waals surface area contributed by atoms with E-state index < -0.39 is 17.7 Å². The summed E-state index contributed by atoms with van der Waals surface area (Å²) in [5, 5.41) is 11.4. The molecule has 1 aliphatic rings. The first kappa shape index (κ1) is 19.3. The fraction of sp³-hybridized carbons (Fsp3) is 0.125. The van der Waals surface area contributed by atoms with Crippen molar-refractivity contribution >= 4 is 44.1 Å². The zero-order valence-electron chi connectivity index (χ0n) is 16.8. The molecule has 154 valence electrons. The fourth-order valence-corrected chi connectivity index (χ4v) is 4.83. The number of aliphatic hydroxyl groups excluding tert-OH is 1. The van der Waals surface area contributed by atoms with Gasteiger partial charge in [0.2, 0.25) is 0 Å². The van der Waals surface area contributed by atoms with Crippen LogP contribution in [0.5, 0.6) is 0 Å². The molecular formula is C24H18N2O4S. The lowest BCUT2D eigenvalue weighted by molar-refractivity contribution is -0.132. The Morgan fingerprint density at radius 2 is 1.81 bits per heavy atom. The van der Waals surface area contributed by atoms with Crippen molar-refractivity contribution < 1.29 is 19.1 Å². The summed E-state index contributed by atoms with van der Waals surface area (Å²) < 4.78 is 6.49. The van der Waals surface area contributed by atoms with E-state index in [-0.39, 0.29) is 11.3 Å². The smallest absolute Gasteiger partial charge is 0.302 e. The number of benzene rings is 2. The van der Waals surface area contributed by atoms with Gasteiger partial charge < -0.3 is 9.52 Å². The molecule has 1 N–H and O–H groups in total. The van der Waals surface area contributed by atoms with Crippen molar-refractivity contribution in [3.8, 4) is 0 Å². The SMILES string of the molecule is Cc1ccc(C(O)=C2C(=O)C(=O)N(c3nc4ccc(C)cc4s3)C2c2ccco2)cc1. The molecule has 1 atom stereocenters. The summed E-state index contributed by atoms with van der Waals surface area (Å²) in [5.41, 5.74) is 3.28. The number of anilines is 1. The van der Waals surface area contributed by atoms with Crippen LogP contribution in [0.2, 0.25) is 0 Å². The number of aryl methyl sites for hydroxylation is 2. The number of carbonyl (C=O) groups excluding carboxylic acids is 2. The minimum absolute atomic E-state index is 0.0146. The third-order valence-corrected chi connectivity index (χ3v) is 6.34. The first-order valence-electron chi connectivity index (χ1n) is 9.72. The summed E-state index contributed by atoms with van der Waals surface area (Å²) in [6.45, 7) is 3.91. The number of rotatable bonds is 3. The van der Waals surface area contributed by atoms with Gasteiger partial charge >= 0.3 is 5.91 Å². The molecule has 5 rings (SSSR count). The normalized spacial score (nSPS) is 18.3. The Labute approximate surface area is 182 Å². The molecule has 0 radical (unpaired) electrons. The molecule has 3 heterocycles. The van der Waals surface area contributed by atoms with E-state index in [1.54, 1.807) is 24.3 Å². The summed E-state index contributed by atoms with van der Waals surface area (Å²) in [6.07, 6.45) is 1.48. The maximum Gasteiger partial charge on any atom is 0.302 e. The van der Waals surface area contributed by atoms with Gasteiger partial charge in [-0.05, 0) is 43.7 Å². The van der Waals surface area contributed by atoms with Gasteiger partial charge in [0.1, 0.15) is 17.6 Å². The maximum absolute atomic E-state index is 13.1. The zero-order chi connectivity index (χ0) is 21.7. The van der Waals surface area contributed by atoms with Crippen molar-refractivity contribution in [3.05, 3.63) is 88.9 Å². The largest absolute Gasteiger partial charge is 0.507 e. The van der Waals surface area contributed by atoms with E-state index in [1.165, 1.54) is 22.5 Å². The van der Waals surface area contributed by atoms with E-state index in [4.69, 9.17) is 4.42 Å². The number of fused-ring (bicyclic) bond motifs is 1. The Morgan fingerprint density at radius 1 is 1.06 bits per heavy atom. The molecule has 1 aliphatic heterocycles. The predicted molar refractivity (Wildman–Crippen MR) is 119 cm³/mol. The molecule has 7 heteroatoms. The van der Waals surface area contributed by atoms with Gasteiger partial charge in [0.15, 0.2) is 5.13 Å². The highest BCUT2D eigenvalue weighted by molar-refractivity contribution is 7.22. The molecule has 1 unspecified atom stereocenters. The highest BCUT2D eigenvalue weighted by atomic mass is 32.1. The van der Waals surface area contributed by atoms with E-state index in [0.717, 1.165) is 21.3 Å². The van der Waals surface area contributed by atoms with Crippen LogP contribution in [0.1, 0.15) is 28.5 Å². The number of Topliss-reactive ketones (excluding diaryl/α,β-unsaturated/α-hetero) is 1. The molecule has 2 aromatic carbocycles. The lowest BCUT2D eigenvalue weighted by Gasteiger charge is -2.20. The Bertz CT molecular complexity index is 1350. The molecule has 6 nitrogen and oxygen atoms in total. The van der Waals surface area contributed by atoms with Gasteiger partial charge in [0.05, 0.1) is 22.1 Å². The van der Waals surface area contributed by atoms with Crippen LogP contribution in [0.4, 0.5) is 5.13 Å². The number of aliphatic hydroxyl groups is 1. The summed E-state index contributed by atoms with van der Waals surface area (Å²) in [4.78, 5) is 32.1. The lowest BCUT2D eigenvalue weighted by Crippen LogP contribution is -2.29. The summed E-state index contributed by atoms with van der Waals surface area (Å²) in [6, 6.07) is 15.4. The number of amides is 1. The molecule has 1 saturated heterocycles. The second-order valence-corrected chi connectivity index (χ2v) is 8.53. The zero-order valence-corrected chi connectivity index (χ0v) is 17.6. The van der Waals surface area contributed by atoms with Crippen LogP contribution >= 0.6 is 11.3 Å². The van der Waals surface area contributed by atoms with Gasteiger partial charge in [-0.1, -0.05) is 47.2 Å². The molecule has 1 amide bonds. The lowest BCUT2D eigenvalue weighted by atomic mass is 9.99. The molecule has 31 heavy (non-hydrogen) atoms. The number of nitrogens with zero attached hydrogens (tertiary/aromatic N) is 2. The van der Waals surface area contributed by atoms with Gasteiger partial charge in [-0.15, -0.1) is 0 Å². The molecule has 0 aliphatic carbocycles. The Balaban J connectivity index is 1.71. The first-order valence-corrected chi connectivity index (χ1v) is 10.5. The molecule has 4 aromatic rings. The van der Waals surface area contributed by atoms with Crippen LogP contribution in [0.3, 0.4) is 0 Å². The van der Waals surface area contributed by atoms with Crippen molar-refractivity contribution in [2.24, 2.45) is 0 Å². The standard InChI is InChI=1S/C24H18N2O4S/c1-13-5-8-15(9-6-13)21(27)19-20(17-4-3-11-30-17)26(23(29)22(19)28)24-25-16-10-7-14(2)12-18(16)31-24/h3-12,20,27H,1-2H3. The number of carbonyl (C=O) groups is 2. The molecule has 1 fully saturated rings. The van der Waals surface area contributed by atoms with E-state index >= 15 is 0 Å². The van der Waals surface area contributed by atoms with Gasteiger partial charge in [0, 0.05) is 5.56 Å². The Hall–Kier alpha value is -3.71. The van der Waals surface area contributed by atoms with Crippen LogP contribution in [0.25, 0.3) is 16.0 Å². The van der Waals surface area contributed by atoms with Crippen molar-refractivity contribution in [2.45, 2.75) is 19.9 Å². The van der Waals surface area contributed by atoms with Crippen molar-refractivity contribution in [1.82, 2.24) is 4.98 Å². The number of aromatic nitrogens is 1. The average Bonchev–Trinajstić information content (AvgIpc) is 3.47. The highest BCUT2D eigenvalue weighted by Crippen LogP contribution is 2.44. The van der Waals surface area contributed by atoms with Crippen molar-refractivity contribution in [2.75, 3.05) is 4.90 Å². The quantitative estimate of drug-likeness (QED) is 0.277. The molecule has 0 saturated carbocycles. The average molecular weight is 430 g/mol. The van der Waals surface area contributed by atoms with Crippen LogP contribution < -0.4 is 4.90 Å². The molecule has 2 aromatic heterocycles. The van der Waals surface area contributed by atoms with Crippen LogP contribution in [0, 0.1) is 13.8 Å². The third-order valence-electron chi connectivity index (χ3n) is 5.32. The van der Waals surface area contributed by atoms with Gasteiger partial charge in [-0.2, -0.15) is 0 Å². The van der Waals surface area contributed by atoms with Gasteiger partial charge in [-0.25, -0.2) is 4.98 Å². The second-order valence-electron chi connectivity index (χ2n) is 7.52. The van der Waals surface area contributed by atoms with Crippen LogP contribution in [-0.2, 0) is 9.59 Å². The van der Waals surface area contributed by atoms with Crippen molar-refractivity contribution in [1.29, 1.82) is 0 Å². The van der Waals surface area contributed by atoms with E-state index in [2.05, 4.69) is 4.98 Å². The summed E-state index contributed by atoms with van der Waals surface area (Å²) >= 11 is 1.32. The monoisotopic (exact) mass is 430 g/mol. The molecular weight excluding hydrogens is 412 g/mol. The summed E-state index contributed by atoms with van der Waals surface area (Å²) in [5.74, 6) is -1.37. The highest BCUT2D eigenvalue weighted by Gasteiger charge is 2.49. The number of ketones is 1. The first-order chi connectivity index (χ1) is 14.9. The fourth-order valence-electron chi connectivity index (χ4n) is 3.74. The number of hydrogen-bond donors (Lipinski definition) is 1. The maximum atomic E-state index is 13.1. The van der Waals surface area contributed by atoms with E-state index in [0.29, 0.717) is 16.5 Å². The predicted octanol–water partition coefficient (Wildman–Crippen LogP) is 5.13. The van der Waals surface area contributed by atoms with E-state index in [9.17, 15) is 14.7 Å². The van der Waals surface area contributed by atoms with Gasteiger partial charge in [-0.3, -0.25) is 14.5 Å². The third kappa shape index (κ3) is 3.14. The number of thiazole rings is 1. The number of hydrogen-bond acceptors (Lipinski definition) is 6. The molecule has 0 bridgehead atoms. The van der Waals surface area contributed by atoms with Crippen molar-refractivity contribution in [3.63, 3.8) is 0 Å². The minimum Gasteiger partial charge on any atom is -0.507 e. The Kier molecular flexibility index (Phi) is 4.48. The topological polar surface area (TPSA) is 83.6 Å². The van der Waals surface area contributed by atoms with Gasteiger partial charge in [0.25, 0.3) is 5.78 Å². The number of furan rings is 1. The van der Waals surface area contributed by atoms with E-state index in [1.807, 2.05) is 44.2 Å². The minimum atomic E-state index is -0.905.